The van der Waals surface area contributed by atoms with Gasteiger partial charge < -0.3 is 5.32 Å². The first-order valence-electron chi connectivity index (χ1n) is 4.96. The maximum Gasteiger partial charge on any atom is 0.134 e. The standard InChI is InChI=1S/C10H14BrN3/c1-6(2)10-13-8(11)5-9(14-10)12-7-3-4-7/h5-7H,3-4H2,1-2H3,(H,12,13,14). The van der Waals surface area contributed by atoms with Crippen LogP contribution in [-0.4, -0.2) is 16.0 Å². The summed E-state index contributed by atoms with van der Waals surface area (Å²) < 4.78 is 0.861. The SMILES string of the molecule is CC(C)c1nc(Br)cc(NC2CC2)n1. The number of hydrogen-bond acceptors (Lipinski definition) is 3. The van der Waals surface area contributed by atoms with E-state index in [1.165, 1.54) is 12.8 Å². The summed E-state index contributed by atoms with van der Waals surface area (Å²) in [4.78, 5) is 8.79. The van der Waals surface area contributed by atoms with E-state index in [1.54, 1.807) is 0 Å². The highest BCUT2D eigenvalue weighted by atomic mass is 79.9. The zero-order valence-electron chi connectivity index (χ0n) is 8.42. The van der Waals surface area contributed by atoms with E-state index in [0.29, 0.717) is 12.0 Å². The van der Waals surface area contributed by atoms with Crippen molar-refractivity contribution in [1.82, 2.24) is 9.97 Å². The highest BCUT2D eigenvalue weighted by Gasteiger charge is 2.21. The van der Waals surface area contributed by atoms with E-state index in [4.69, 9.17) is 0 Å². The fourth-order valence-electron chi connectivity index (χ4n) is 1.20. The van der Waals surface area contributed by atoms with E-state index in [-0.39, 0.29) is 0 Å². The van der Waals surface area contributed by atoms with Crippen molar-refractivity contribution >= 4 is 21.7 Å². The van der Waals surface area contributed by atoms with E-state index in [2.05, 4.69) is 45.1 Å². The minimum Gasteiger partial charge on any atom is -0.367 e. The molecule has 0 unspecified atom stereocenters. The second kappa shape index (κ2) is 3.85. The molecule has 1 aromatic rings. The number of halogens is 1. The van der Waals surface area contributed by atoms with Crippen molar-refractivity contribution < 1.29 is 0 Å². The van der Waals surface area contributed by atoms with Crippen molar-refractivity contribution in [2.45, 2.75) is 38.6 Å². The molecule has 0 spiro atoms. The van der Waals surface area contributed by atoms with Crippen molar-refractivity contribution in [2.24, 2.45) is 0 Å². The van der Waals surface area contributed by atoms with Gasteiger partial charge in [0.2, 0.25) is 0 Å². The third-order valence-corrected chi connectivity index (χ3v) is 2.56. The van der Waals surface area contributed by atoms with Crippen molar-refractivity contribution in [3.05, 3.63) is 16.5 Å². The molecule has 4 heteroatoms. The van der Waals surface area contributed by atoms with Crippen LogP contribution in [0, 0.1) is 0 Å². The summed E-state index contributed by atoms with van der Waals surface area (Å²) >= 11 is 3.40. The summed E-state index contributed by atoms with van der Waals surface area (Å²) in [6.45, 7) is 4.20. The Hall–Kier alpha value is -0.640. The topological polar surface area (TPSA) is 37.8 Å². The van der Waals surface area contributed by atoms with E-state index in [9.17, 15) is 0 Å². The normalized spacial score (nSPS) is 16.0. The lowest BCUT2D eigenvalue weighted by Crippen LogP contribution is -2.06. The molecule has 1 saturated carbocycles. The zero-order chi connectivity index (χ0) is 10.1. The molecular weight excluding hydrogens is 242 g/mol. The molecular formula is C10H14BrN3. The summed E-state index contributed by atoms with van der Waals surface area (Å²) in [6, 6.07) is 2.57. The lowest BCUT2D eigenvalue weighted by Gasteiger charge is -2.08. The lowest BCUT2D eigenvalue weighted by molar-refractivity contribution is 0.769. The van der Waals surface area contributed by atoms with Gasteiger partial charge in [-0.25, -0.2) is 9.97 Å². The Balaban J connectivity index is 2.21. The largest absolute Gasteiger partial charge is 0.367 e. The third-order valence-electron chi connectivity index (χ3n) is 2.16. The van der Waals surface area contributed by atoms with E-state index < -0.39 is 0 Å². The maximum absolute atomic E-state index is 4.46. The number of nitrogens with zero attached hydrogens (tertiary/aromatic N) is 2. The Labute approximate surface area is 92.5 Å². The highest BCUT2D eigenvalue weighted by molar-refractivity contribution is 9.10. The average molecular weight is 256 g/mol. The van der Waals surface area contributed by atoms with Gasteiger partial charge in [0, 0.05) is 18.0 Å². The molecule has 0 aliphatic heterocycles. The fourth-order valence-corrected chi connectivity index (χ4v) is 1.60. The second-order valence-electron chi connectivity index (χ2n) is 4.01. The monoisotopic (exact) mass is 255 g/mol. The predicted molar refractivity (Wildman–Crippen MR) is 60.5 cm³/mol. The van der Waals surface area contributed by atoms with Gasteiger partial charge in [-0.1, -0.05) is 13.8 Å². The highest BCUT2D eigenvalue weighted by Crippen LogP contribution is 2.25. The van der Waals surface area contributed by atoms with Crippen molar-refractivity contribution in [1.29, 1.82) is 0 Å². The van der Waals surface area contributed by atoms with Gasteiger partial charge in [0.1, 0.15) is 16.2 Å². The number of anilines is 1. The molecule has 1 aromatic heterocycles. The molecule has 2 rings (SSSR count). The van der Waals surface area contributed by atoms with Crippen LogP contribution >= 0.6 is 15.9 Å². The minimum absolute atomic E-state index is 0.368. The first kappa shape index (κ1) is 9.90. The number of rotatable bonds is 3. The van der Waals surface area contributed by atoms with Gasteiger partial charge in [-0.2, -0.15) is 0 Å². The Bertz CT molecular complexity index is 334. The van der Waals surface area contributed by atoms with Crippen LogP contribution in [0.5, 0.6) is 0 Å². The molecule has 0 aromatic carbocycles. The fraction of sp³-hybridized carbons (Fsp3) is 0.600. The van der Waals surface area contributed by atoms with Crippen LogP contribution in [-0.2, 0) is 0 Å². The van der Waals surface area contributed by atoms with E-state index >= 15 is 0 Å². The van der Waals surface area contributed by atoms with Gasteiger partial charge in [0.25, 0.3) is 0 Å². The molecule has 14 heavy (non-hydrogen) atoms. The molecule has 76 valence electrons. The van der Waals surface area contributed by atoms with Gasteiger partial charge in [-0.3, -0.25) is 0 Å². The average Bonchev–Trinajstić information content (AvgIpc) is 2.87. The van der Waals surface area contributed by atoms with Gasteiger partial charge >= 0.3 is 0 Å². The summed E-state index contributed by atoms with van der Waals surface area (Å²) in [5.74, 6) is 2.20. The molecule has 1 N–H and O–H groups in total. The summed E-state index contributed by atoms with van der Waals surface area (Å²) in [5, 5.41) is 3.37. The Morgan fingerprint density at radius 3 is 2.71 bits per heavy atom. The Kier molecular flexibility index (Phi) is 2.72. The molecule has 1 aliphatic rings. The molecule has 0 bridgehead atoms. The van der Waals surface area contributed by atoms with Crippen LogP contribution in [0.2, 0.25) is 0 Å². The van der Waals surface area contributed by atoms with Crippen LogP contribution in [0.25, 0.3) is 0 Å². The first-order chi connectivity index (χ1) is 6.65. The second-order valence-corrected chi connectivity index (χ2v) is 4.82. The first-order valence-corrected chi connectivity index (χ1v) is 5.75. The molecule has 1 heterocycles. The van der Waals surface area contributed by atoms with Crippen LogP contribution < -0.4 is 5.32 Å². The van der Waals surface area contributed by atoms with E-state index in [0.717, 1.165) is 16.2 Å². The Morgan fingerprint density at radius 2 is 2.14 bits per heavy atom. The molecule has 0 saturated heterocycles. The van der Waals surface area contributed by atoms with Crippen molar-refractivity contribution in [2.75, 3.05) is 5.32 Å². The summed E-state index contributed by atoms with van der Waals surface area (Å²) in [5.41, 5.74) is 0. The third kappa shape index (κ3) is 2.44. The zero-order valence-corrected chi connectivity index (χ0v) is 10.0. The molecule has 0 atom stereocenters. The van der Waals surface area contributed by atoms with Crippen LogP contribution in [0.15, 0.2) is 10.7 Å². The van der Waals surface area contributed by atoms with Gasteiger partial charge in [0.05, 0.1) is 0 Å². The lowest BCUT2D eigenvalue weighted by atomic mass is 10.2. The van der Waals surface area contributed by atoms with Gasteiger partial charge in [-0.15, -0.1) is 0 Å². The van der Waals surface area contributed by atoms with Crippen molar-refractivity contribution in [3.63, 3.8) is 0 Å². The molecule has 0 amide bonds. The minimum atomic E-state index is 0.368. The maximum atomic E-state index is 4.46. The predicted octanol–water partition coefficient (Wildman–Crippen LogP) is 2.94. The molecule has 1 fully saturated rings. The molecule has 0 radical (unpaired) electrons. The van der Waals surface area contributed by atoms with Crippen molar-refractivity contribution in [3.8, 4) is 0 Å². The van der Waals surface area contributed by atoms with Gasteiger partial charge in [-0.05, 0) is 28.8 Å². The quantitative estimate of drug-likeness (QED) is 0.845. The van der Waals surface area contributed by atoms with E-state index in [1.807, 2.05) is 6.07 Å². The van der Waals surface area contributed by atoms with Crippen LogP contribution in [0.1, 0.15) is 38.4 Å². The molecule has 3 nitrogen and oxygen atoms in total. The number of aromatic nitrogens is 2. The summed E-state index contributed by atoms with van der Waals surface area (Å²) in [7, 11) is 0. The molecule has 1 aliphatic carbocycles. The van der Waals surface area contributed by atoms with Crippen LogP contribution in [0.4, 0.5) is 5.82 Å². The Morgan fingerprint density at radius 1 is 1.43 bits per heavy atom. The van der Waals surface area contributed by atoms with Gasteiger partial charge in [0.15, 0.2) is 0 Å². The number of nitrogens with one attached hydrogen (secondary N) is 1. The smallest absolute Gasteiger partial charge is 0.134 e. The number of hydrogen-bond donors (Lipinski definition) is 1. The van der Waals surface area contributed by atoms with Crippen LogP contribution in [0.3, 0.4) is 0 Å². The summed E-state index contributed by atoms with van der Waals surface area (Å²) in [6.07, 6.45) is 2.53.